The van der Waals surface area contributed by atoms with E-state index in [2.05, 4.69) is 18.7 Å². The topological polar surface area (TPSA) is 63.4 Å². The summed E-state index contributed by atoms with van der Waals surface area (Å²) in [6, 6.07) is 7.74. The highest BCUT2D eigenvalue weighted by Gasteiger charge is 2.06. The SMILES string of the molecule is CCCCCCCN(CC)CCc1ccc(CS(N)(=O)=O)cc1. The van der Waals surface area contributed by atoms with Crippen molar-refractivity contribution in [3.8, 4) is 0 Å². The highest BCUT2D eigenvalue weighted by molar-refractivity contribution is 7.88. The molecule has 0 amide bonds. The van der Waals surface area contributed by atoms with Gasteiger partial charge in [0.2, 0.25) is 10.0 Å². The summed E-state index contributed by atoms with van der Waals surface area (Å²) >= 11 is 0. The number of primary sulfonamides is 1. The maximum absolute atomic E-state index is 11.1. The van der Waals surface area contributed by atoms with E-state index in [1.165, 1.54) is 44.2 Å². The molecule has 0 aliphatic rings. The number of likely N-dealkylation sites (N-methyl/N-ethyl adjacent to an activating group) is 1. The third-order valence-electron chi connectivity index (χ3n) is 4.13. The molecule has 1 aromatic rings. The molecular formula is C18H32N2O2S. The van der Waals surface area contributed by atoms with Crippen molar-refractivity contribution in [2.45, 2.75) is 58.1 Å². The molecule has 0 spiro atoms. The minimum absolute atomic E-state index is 0.0911. The van der Waals surface area contributed by atoms with Gasteiger partial charge >= 0.3 is 0 Å². The molecule has 1 aromatic carbocycles. The lowest BCUT2D eigenvalue weighted by atomic mass is 10.1. The molecule has 0 atom stereocenters. The van der Waals surface area contributed by atoms with E-state index >= 15 is 0 Å². The summed E-state index contributed by atoms with van der Waals surface area (Å²) in [5.74, 6) is -0.0911. The van der Waals surface area contributed by atoms with Crippen LogP contribution in [0.25, 0.3) is 0 Å². The Kier molecular flexibility index (Phi) is 9.44. The molecule has 0 aliphatic carbocycles. The minimum Gasteiger partial charge on any atom is -0.303 e. The van der Waals surface area contributed by atoms with Crippen LogP contribution in [0.1, 0.15) is 57.1 Å². The zero-order valence-corrected chi connectivity index (χ0v) is 15.4. The van der Waals surface area contributed by atoms with Crippen LogP contribution in [0.15, 0.2) is 24.3 Å². The lowest BCUT2D eigenvalue weighted by Gasteiger charge is -2.20. The number of benzene rings is 1. The second-order valence-electron chi connectivity index (χ2n) is 6.22. The summed E-state index contributed by atoms with van der Waals surface area (Å²) in [6.07, 6.45) is 7.59. The third kappa shape index (κ3) is 9.74. The molecule has 0 bridgehead atoms. The average Bonchev–Trinajstić information content (AvgIpc) is 2.50. The predicted molar refractivity (Wildman–Crippen MR) is 97.8 cm³/mol. The molecule has 2 N–H and O–H groups in total. The van der Waals surface area contributed by atoms with E-state index in [4.69, 9.17) is 5.14 Å². The molecule has 4 nitrogen and oxygen atoms in total. The van der Waals surface area contributed by atoms with Gasteiger partial charge in [-0.3, -0.25) is 0 Å². The first-order valence-electron chi connectivity index (χ1n) is 8.75. The fourth-order valence-electron chi connectivity index (χ4n) is 2.69. The van der Waals surface area contributed by atoms with Gasteiger partial charge in [0, 0.05) is 6.54 Å². The van der Waals surface area contributed by atoms with Gasteiger partial charge < -0.3 is 4.90 Å². The number of nitrogens with two attached hydrogens (primary N) is 1. The summed E-state index contributed by atoms with van der Waals surface area (Å²) in [5, 5.41) is 5.06. The summed E-state index contributed by atoms with van der Waals surface area (Å²) in [5.41, 5.74) is 1.99. The van der Waals surface area contributed by atoms with Gasteiger partial charge in [-0.2, -0.15) is 0 Å². The molecule has 0 saturated heterocycles. The van der Waals surface area contributed by atoms with Crippen molar-refractivity contribution in [3.63, 3.8) is 0 Å². The fraction of sp³-hybridized carbons (Fsp3) is 0.667. The van der Waals surface area contributed by atoms with E-state index in [1.807, 2.05) is 24.3 Å². The van der Waals surface area contributed by atoms with E-state index in [1.54, 1.807) is 0 Å². The Hall–Kier alpha value is -0.910. The molecule has 0 heterocycles. The van der Waals surface area contributed by atoms with Crippen LogP contribution in [0.5, 0.6) is 0 Å². The Bertz CT molecular complexity index is 526. The number of nitrogens with zero attached hydrogens (tertiary/aromatic N) is 1. The lowest BCUT2D eigenvalue weighted by Crippen LogP contribution is -2.27. The Morgan fingerprint density at radius 2 is 1.52 bits per heavy atom. The number of hydrogen-bond donors (Lipinski definition) is 1. The van der Waals surface area contributed by atoms with Gasteiger partial charge in [-0.25, -0.2) is 13.6 Å². The molecule has 0 unspecified atom stereocenters. The fourth-order valence-corrected chi connectivity index (χ4v) is 3.35. The van der Waals surface area contributed by atoms with Crippen molar-refractivity contribution in [2.24, 2.45) is 5.14 Å². The summed E-state index contributed by atoms with van der Waals surface area (Å²) in [7, 11) is -3.45. The molecule has 0 radical (unpaired) electrons. The monoisotopic (exact) mass is 340 g/mol. The number of unbranched alkanes of at least 4 members (excludes halogenated alkanes) is 4. The zero-order valence-electron chi connectivity index (χ0n) is 14.6. The third-order valence-corrected chi connectivity index (χ3v) is 4.87. The van der Waals surface area contributed by atoms with Crippen LogP contribution in [0.4, 0.5) is 0 Å². The Morgan fingerprint density at radius 3 is 2.09 bits per heavy atom. The van der Waals surface area contributed by atoms with Gasteiger partial charge in [-0.1, -0.05) is 63.8 Å². The second kappa shape index (κ2) is 10.8. The summed E-state index contributed by atoms with van der Waals surface area (Å²) < 4.78 is 22.2. The van der Waals surface area contributed by atoms with Crippen molar-refractivity contribution in [3.05, 3.63) is 35.4 Å². The summed E-state index contributed by atoms with van der Waals surface area (Å²) in [6.45, 7) is 7.76. The van der Waals surface area contributed by atoms with Crippen molar-refractivity contribution >= 4 is 10.0 Å². The minimum atomic E-state index is -3.45. The van der Waals surface area contributed by atoms with Crippen molar-refractivity contribution in [1.29, 1.82) is 0 Å². The molecular weight excluding hydrogens is 308 g/mol. The Balaban J connectivity index is 2.34. The van der Waals surface area contributed by atoms with Gasteiger partial charge in [0.05, 0.1) is 5.75 Å². The first kappa shape index (κ1) is 20.1. The molecule has 132 valence electrons. The van der Waals surface area contributed by atoms with Gasteiger partial charge in [0.25, 0.3) is 0 Å². The molecule has 5 heteroatoms. The van der Waals surface area contributed by atoms with Gasteiger partial charge in [0.15, 0.2) is 0 Å². The molecule has 0 fully saturated rings. The molecule has 1 rings (SSSR count). The van der Waals surface area contributed by atoms with E-state index in [0.29, 0.717) is 0 Å². The van der Waals surface area contributed by atoms with E-state index < -0.39 is 10.0 Å². The van der Waals surface area contributed by atoms with Crippen LogP contribution < -0.4 is 5.14 Å². The van der Waals surface area contributed by atoms with Gasteiger partial charge in [0.1, 0.15) is 0 Å². The molecule has 0 saturated carbocycles. The quantitative estimate of drug-likeness (QED) is 0.594. The van der Waals surface area contributed by atoms with Crippen LogP contribution in [-0.2, 0) is 22.2 Å². The van der Waals surface area contributed by atoms with Crippen molar-refractivity contribution in [2.75, 3.05) is 19.6 Å². The smallest absolute Gasteiger partial charge is 0.213 e. The van der Waals surface area contributed by atoms with Crippen LogP contribution in [0.3, 0.4) is 0 Å². The molecule has 0 aromatic heterocycles. The van der Waals surface area contributed by atoms with Crippen LogP contribution in [0, 0.1) is 0 Å². The first-order chi connectivity index (χ1) is 10.9. The Labute approximate surface area is 142 Å². The van der Waals surface area contributed by atoms with Gasteiger partial charge in [-0.05, 0) is 37.1 Å². The normalized spacial score (nSPS) is 12.0. The van der Waals surface area contributed by atoms with Crippen LogP contribution in [0.2, 0.25) is 0 Å². The van der Waals surface area contributed by atoms with Crippen molar-refractivity contribution in [1.82, 2.24) is 4.90 Å². The standard InChI is InChI=1S/C18H32N2O2S/c1-3-5-6-7-8-14-20(4-2)15-13-17-9-11-18(12-10-17)16-23(19,21)22/h9-12H,3-8,13-16H2,1-2H3,(H2,19,21,22). The first-order valence-corrected chi connectivity index (χ1v) is 10.5. The number of sulfonamides is 1. The molecule has 0 aliphatic heterocycles. The second-order valence-corrected chi connectivity index (χ2v) is 7.84. The predicted octanol–water partition coefficient (Wildman–Crippen LogP) is 3.31. The largest absolute Gasteiger partial charge is 0.303 e. The highest BCUT2D eigenvalue weighted by atomic mass is 32.2. The van der Waals surface area contributed by atoms with Crippen molar-refractivity contribution < 1.29 is 8.42 Å². The average molecular weight is 341 g/mol. The van der Waals surface area contributed by atoms with Crippen LogP contribution >= 0.6 is 0 Å². The summed E-state index contributed by atoms with van der Waals surface area (Å²) in [4.78, 5) is 2.49. The Morgan fingerprint density at radius 1 is 0.913 bits per heavy atom. The number of hydrogen-bond acceptors (Lipinski definition) is 3. The maximum atomic E-state index is 11.1. The lowest BCUT2D eigenvalue weighted by molar-refractivity contribution is 0.284. The number of rotatable bonds is 12. The van der Waals surface area contributed by atoms with E-state index in [0.717, 1.165) is 25.1 Å². The maximum Gasteiger partial charge on any atom is 0.213 e. The zero-order chi connectivity index (χ0) is 17.1. The highest BCUT2D eigenvalue weighted by Crippen LogP contribution is 2.09. The molecule has 23 heavy (non-hydrogen) atoms. The van der Waals surface area contributed by atoms with E-state index in [-0.39, 0.29) is 5.75 Å². The van der Waals surface area contributed by atoms with Gasteiger partial charge in [-0.15, -0.1) is 0 Å². The van der Waals surface area contributed by atoms with E-state index in [9.17, 15) is 8.42 Å². The van der Waals surface area contributed by atoms with Crippen LogP contribution in [-0.4, -0.2) is 33.0 Å².